The van der Waals surface area contributed by atoms with Crippen LogP contribution in [0.1, 0.15) is 30.1 Å². The van der Waals surface area contributed by atoms with E-state index < -0.39 is 0 Å². The van der Waals surface area contributed by atoms with Crippen LogP contribution in [0.15, 0.2) is 28.7 Å². The number of aromatic amines is 1. The summed E-state index contributed by atoms with van der Waals surface area (Å²) in [4.78, 5) is 0. The highest BCUT2D eigenvalue weighted by Crippen LogP contribution is 2.39. The molecule has 1 aromatic heterocycles. The van der Waals surface area contributed by atoms with E-state index >= 15 is 0 Å². The van der Waals surface area contributed by atoms with Crippen LogP contribution < -0.4 is 0 Å². The minimum Gasteiger partial charge on any atom is -0.299 e. The minimum absolute atomic E-state index is 0.602. The molecular formula is C12H12BrN3S. The number of hydrogen-bond donors (Lipinski definition) is 1. The molecule has 17 heavy (non-hydrogen) atoms. The van der Waals surface area contributed by atoms with Crippen LogP contribution in [0.4, 0.5) is 0 Å². The van der Waals surface area contributed by atoms with E-state index in [2.05, 4.69) is 42.8 Å². The first-order chi connectivity index (χ1) is 8.25. The third-order valence-corrected chi connectivity index (χ3v) is 4.10. The van der Waals surface area contributed by atoms with Gasteiger partial charge in [-0.1, -0.05) is 34.1 Å². The highest BCUT2D eigenvalue weighted by molar-refractivity contribution is 9.10. The number of aromatic nitrogens is 3. The molecule has 0 aliphatic heterocycles. The predicted octanol–water partition coefficient (Wildman–Crippen LogP) is 3.63. The maximum Gasteiger partial charge on any atom is 0.195 e. The highest BCUT2D eigenvalue weighted by atomic mass is 79.9. The molecule has 88 valence electrons. The lowest BCUT2D eigenvalue weighted by atomic mass is 10.2. The first kappa shape index (κ1) is 11.2. The molecule has 0 atom stereocenters. The van der Waals surface area contributed by atoms with Crippen LogP contribution in [0, 0.1) is 4.77 Å². The van der Waals surface area contributed by atoms with E-state index in [0.29, 0.717) is 10.7 Å². The van der Waals surface area contributed by atoms with Gasteiger partial charge in [-0.25, -0.2) is 0 Å². The molecule has 5 heteroatoms. The lowest BCUT2D eigenvalue weighted by molar-refractivity contribution is 0.717. The predicted molar refractivity (Wildman–Crippen MR) is 72.6 cm³/mol. The summed E-state index contributed by atoms with van der Waals surface area (Å²) in [7, 11) is 0. The Kier molecular flexibility index (Phi) is 2.88. The van der Waals surface area contributed by atoms with Crippen LogP contribution in [0.2, 0.25) is 0 Å². The summed E-state index contributed by atoms with van der Waals surface area (Å²) >= 11 is 8.86. The van der Waals surface area contributed by atoms with Gasteiger partial charge in [-0.3, -0.25) is 9.67 Å². The number of rotatable bonds is 3. The molecule has 2 aromatic rings. The van der Waals surface area contributed by atoms with E-state index in [1.807, 2.05) is 12.1 Å². The fraction of sp³-hybridized carbons (Fsp3) is 0.333. The van der Waals surface area contributed by atoms with Crippen LogP contribution in [-0.4, -0.2) is 14.8 Å². The van der Waals surface area contributed by atoms with Crippen molar-refractivity contribution < 1.29 is 0 Å². The van der Waals surface area contributed by atoms with Crippen LogP contribution in [0.5, 0.6) is 0 Å². The summed E-state index contributed by atoms with van der Waals surface area (Å²) in [5.41, 5.74) is 1.23. The van der Waals surface area contributed by atoms with Gasteiger partial charge in [0.15, 0.2) is 4.77 Å². The van der Waals surface area contributed by atoms with Crippen LogP contribution in [0.25, 0.3) is 0 Å². The Morgan fingerprint density at radius 1 is 1.41 bits per heavy atom. The fourth-order valence-electron chi connectivity index (χ4n) is 1.93. The lowest BCUT2D eigenvalue weighted by Gasteiger charge is -2.07. The Morgan fingerprint density at radius 2 is 2.18 bits per heavy atom. The summed E-state index contributed by atoms with van der Waals surface area (Å²) < 4.78 is 3.93. The number of nitrogens with one attached hydrogen (secondary N) is 1. The zero-order valence-corrected chi connectivity index (χ0v) is 11.6. The molecule has 0 spiro atoms. The maximum absolute atomic E-state index is 5.29. The van der Waals surface area contributed by atoms with Gasteiger partial charge in [0, 0.05) is 10.4 Å². The molecule has 1 aliphatic rings. The van der Waals surface area contributed by atoms with Crippen molar-refractivity contribution in [2.75, 3.05) is 0 Å². The number of nitrogens with zero attached hydrogens (tertiary/aromatic N) is 2. The van der Waals surface area contributed by atoms with Crippen molar-refractivity contribution >= 4 is 28.1 Å². The van der Waals surface area contributed by atoms with Gasteiger partial charge < -0.3 is 0 Å². The molecule has 1 saturated carbocycles. The van der Waals surface area contributed by atoms with Gasteiger partial charge in [-0.05, 0) is 36.7 Å². The molecule has 0 bridgehead atoms. The van der Waals surface area contributed by atoms with E-state index in [1.165, 1.54) is 18.4 Å². The molecule has 0 amide bonds. The van der Waals surface area contributed by atoms with Crippen molar-refractivity contribution in [3.05, 3.63) is 44.9 Å². The summed E-state index contributed by atoms with van der Waals surface area (Å²) in [6.45, 7) is 0.780. The smallest absolute Gasteiger partial charge is 0.195 e. The molecule has 1 fully saturated rings. The normalized spacial score (nSPS) is 15.1. The van der Waals surface area contributed by atoms with Crippen molar-refractivity contribution in [3.8, 4) is 0 Å². The number of hydrogen-bond acceptors (Lipinski definition) is 2. The highest BCUT2D eigenvalue weighted by Gasteiger charge is 2.29. The second-order valence-corrected chi connectivity index (χ2v) is 5.58. The topological polar surface area (TPSA) is 33.6 Å². The average Bonchev–Trinajstić information content (AvgIpc) is 3.09. The maximum atomic E-state index is 5.29. The third kappa shape index (κ3) is 2.21. The van der Waals surface area contributed by atoms with Crippen molar-refractivity contribution in [2.24, 2.45) is 0 Å². The Labute approximate surface area is 113 Å². The van der Waals surface area contributed by atoms with Crippen molar-refractivity contribution in [1.29, 1.82) is 0 Å². The summed E-state index contributed by atoms with van der Waals surface area (Å²) in [5.74, 6) is 1.70. The van der Waals surface area contributed by atoms with Crippen molar-refractivity contribution in [3.63, 3.8) is 0 Å². The van der Waals surface area contributed by atoms with Crippen LogP contribution in [-0.2, 0) is 6.54 Å². The molecule has 1 aliphatic carbocycles. The van der Waals surface area contributed by atoms with Gasteiger partial charge in [-0.15, -0.1) is 0 Å². The van der Waals surface area contributed by atoms with Crippen LogP contribution in [0.3, 0.4) is 0 Å². The molecule has 0 radical (unpaired) electrons. The monoisotopic (exact) mass is 309 g/mol. The van der Waals surface area contributed by atoms with Gasteiger partial charge in [0.2, 0.25) is 0 Å². The summed E-state index contributed by atoms with van der Waals surface area (Å²) in [5, 5.41) is 7.23. The van der Waals surface area contributed by atoms with E-state index in [9.17, 15) is 0 Å². The van der Waals surface area contributed by atoms with Gasteiger partial charge in [-0.2, -0.15) is 5.10 Å². The van der Waals surface area contributed by atoms with E-state index in [1.54, 1.807) is 0 Å². The Hall–Kier alpha value is -0.940. The standard InChI is InChI=1S/C12H12BrN3S/c13-10-4-2-1-3-9(10)7-16-11(8-5-6-8)14-15-12(16)17/h1-4,8H,5-7H2,(H,15,17). The molecule has 0 unspecified atom stereocenters. The van der Waals surface area contributed by atoms with E-state index in [0.717, 1.165) is 16.8 Å². The lowest BCUT2D eigenvalue weighted by Crippen LogP contribution is -2.05. The van der Waals surface area contributed by atoms with Crippen molar-refractivity contribution in [1.82, 2.24) is 14.8 Å². The minimum atomic E-state index is 0.602. The number of benzene rings is 1. The number of halogens is 1. The van der Waals surface area contributed by atoms with E-state index in [-0.39, 0.29) is 0 Å². The molecule has 1 heterocycles. The van der Waals surface area contributed by atoms with Crippen molar-refractivity contribution in [2.45, 2.75) is 25.3 Å². The zero-order chi connectivity index (χ0) is 11.8. The van der Waals surface area contributed by atoms with Gasteiger partial charge in [0.25, 0.3) is 0 Å². The molecule has 1 aromatic carbocycles. The Balaban J connectivity index is 1.97. The van der Waals surface area contributed by atoms with Crippen LogP contribution >= 0.6 is 28.1 Å². The quantitative estimate of drug-likeness (QED) is 0.878. The average molecular weight is 310 g/mol. The second kappa shape index (κ2) is 4.38. The molecule has 0 saturated heterocycles. The number of H-pyrrole nitrogens is 1. The first-order valence-electron chi connectivity index (χ1n) is 5.64. The van der Waals surface area contributed by atoms with E-state index in [4.69, 9.17) is 12.2 Å². The SMILES string of the molecule is S=c1[nH]nc(C2CC2)n1Cc1ccccc1Br. The summed E-state index contributed by atoms with van der Waals surface area (Å²) in [6.07, 6.45) is 2.46. The Bertz CT molecular complexity index is 598. The summed E-state index contributed by atoms with van der Waals surface area (Å²) in [6, 6.07) is 8.22. The molecule has 1 N–H and O–H groups in total. The van der Waals surface area contributed by atoms with Gasteiger partial charge >= 0.3 is 0 Å². The fourth-order valence-corrected chi connectivity index (χ4v) is 2.55. The van der Waals surface area contributed by atoms with Gasteiger partial charge in [0.1, 0.15) is 5.82 Å². The third-order valence-electron chi connectivity index (χ3n) is 3.02. The largest absolute Gasteiger partial charge is 0.299 e. The molecule has 3 rings (SSSR count). The molecule has 3 nitrogen and oxygen atoms in total. The first-order valence-corrected chi connectivity index (χ1v) is 6.84. The molecular weight excluding hydrogens is 298 g/mol. The Morgan fingerprint density at radius 3 is 2.88 bits per heavy atom. The van der Waals surface area contributed by atoms with Gasteiger partial charge in [0.05, 0.1) is 6.54 Å². The second-order valence-electron chi connectivity index (χ2n) is 4.34. The zero-order valence-electron chi connectivity index (χ0n) is 9.19.